The lowest BCUT2D eigenvalue weighted by atomic mass is 10.2. The van der Waals surface area contributed by atoms with Crippen LogP contribution < -0.4 is 5.73 Å². The summed E-state index contributed by atoms with van der Waals surface area (Å²) in [5.74, 6) is 0.866. The zero-order chi connectivity index (χ0) is 12.6. The summed E-state index contributed by atoms with van der Waals surface area (Å²) in [7, 11) is 2.06. The van der Waals surface area contributed by atoms with Crippen molar-refractivity contribution < 1.29 is 4.79 Å². The van der Waals surface area contributed by atoms with Crippen molar-refractivity contribution in [3.05, 3.63) is 17.2 Å². The van der Waals surface area contributed by atoms with Crippen molar-refractivity contribution in [3.63, 3.8) is 0 Å². The van der Waals surface area contributed by atoms with Gasteiger partial charge in [-0.05, 0) is 20.0 Å². The molecule has 0 aliphatic carbocycles. The molecule has 0 fully saturated rings. The molecule has 17 heavy (non-hydrogen) atoms. The van der Waals surface area contributed by atoms with E-state index in [0.29, 0.717) is 11.6 Å². The van der Waals surface area contributed by atoms with Crippen molar-refractivity contribution >= 4 is 5.91 Å². The lowest BCUT2D eigenvalue weighted by molar-refractivity contribution is 0.0994. The highest BCUT2D eigenvalue weighted by Gasteiger charge is 2.24. The summed E-state index contributed by atoms with van der Waals surface area (Å²) in [6.07, 6.45) is 1.08. The van der Waals surface area contributed by atoms with Crippen LogP contribution in [0.4, 0.5) is 0 Å². The highest BCUT2D eigenvalue weighted by Crippen LogP contribution is 2.22. The largest absolute Gasteiger partial charge is 0.364 e. The summed E-state index contributed by atoms with van der Waals surface area (Å²) in [5.41, 5.74) is 6.83. The second-order valence-corrected chi connectivity index (χ2v) is 5.03. The van der Waals surface area contributed by atoms with Gasteiger partial charge in [-0.2, -0.15) is 0 Å². The van der Waals surface area contributed by atoms with Gasteiger partial charge in [-0.25, -0.2) is 4.98 Å². The number of amides is 1. The Morgan fingerprint density at radius 3 is 2.71 bits per heavy atom. The summed E-state index contributed by atoms with van der Waals surface area (Å²) < 4.78 is 2.17. The van der Waals surface area contributed by atoms with Crippen LogP contribution in [0.1, 0.15) is 48.2 Å². The molecule has 2 N–H and O–H groups in total. The third kappa shape index (κ3) is 2.20. The van der Waals surface area contributed by atoms with E-state index in [1.165, 1.54) is 0 Å². The number of aromatic nitrogens is 2. The van der Waals surface area contributed by atoms with E-state index in [1.807, 2.05) is 0 Å². The zero-order valence-electron chi connectivity index (χ0n) is 10.7. The predicted molar refractivity (Wildman–Crippen MR) is 65.8 cm³/mol. The number of rotatable bonds is 2. The minimum absolute atomic E-state index is 0.310. The van der Waals surface area contributed by atoms with Crippen LogP contribution in [-0.4, -0.2) is 34.0 Å². The Hall–Kier alpha value is -1.36. The molecule has 0 bridgehead atoms. The number of primary amides is 1. The number of nitrogens with zero attached hydrogens (tertiary/aromatic N) is 3. The fourth-order valence-electron chi connectivity index (χ4n) is 2.39. The number of carbonyl (C=O) groups is 1. The Kier molecular flexibility index (Phi) is 3.19. The molecule has 1 amide bonds. The van der Waals surface area contributed by atoms with Gasteiger partial charge in [-0.15, -0.1) is 0 Å². The van der Waals surface area contributed by atoms with Crippen LogP contribution >= 0.6 is 0 Å². The van der Waals surface area contributed by atoms with E-state index in [1.54, 1.807) is 0 Å². The molecular formula is C12H20N4O. The maximum absolute atomic E-state index is 11.5. The number of carbonyl (C=O) groups excluding carboxylic acids is 1. The summed E-state index contributed by atoms with van der Waals surface area (Å²) in [5, 5.41) is 0. The Bertz CT molecular complexity index is 436. The first kappa shape index (κ1) is 12.1. The molecule has 0 aromatic carbocycles. The van der Waals surface area contributed by atoms with Crippen LogP contribution in [0.5, 0.6) is 0 Å². The molecule has 5 nitrogen and oxygen atoms in total. The number of fused-ring (bicyclic) bond motifs is 1. The van der Waals surface area contributed by atoms with Crippen molar-refractivity contribution in [2.45, 2.75) is 39.3 Å². The van der Waals surface area contributed by atoms with E-state index in [0.717, 1.165) is 37.6 Å². The fraction of sp³-hybridized carbons (Fsp3) is 0.667. The van der Waals surface area contributed by atoms with Crippen LogP contribution in [0.2, 0.25) is 0 Å². The smallest absolute Gasteiger partial charge is 0.269 e. The third-order valence-electron chi connectivity index (χ3n) is 3.19. The maximum atomic E-state index is 11.5. The van der Waals surface area contributed by atoms with E-state index in [9.17, 15) is 4.79 Å². The molecule has 1 aromatic rings. The van der Waals surface area contributed by atoms with Crippen molar-refractivity contribution in [3.8, 4) is 0 Å². The van der Waals surface area contributed by atoms with E-state index in [-0.39, 0.29) is 0 Å². The van der Waals surface area contributed by atoms with Gasteiger partial charge in [0.25, 0.3) is 5.91 Å². The lowest BCUT2D eigenvalue weighted by Gasteiger charge is -2.12. The molecule has 0 spiro atoms. The molecule has 0 atom stereocenters. The average Bonchev–Trinajstić information content (AvgIpc) is 2.47. The molecule has 0 saturated carbocycles. The second-order valence-electron chi connectivity index (χ2n) is 5.03. The number of hydrogen-bond acceptors (Lipinski definition) is 3. The monoisotopic (exact) mass is 236 g/mol. The van der Waals surface area contributed by atoms with Gasteiger partial charge in [-0.3, -0.25) is 4.79 Å². The summed E-state index contributed by atoms with van der Waals surface area (Å²) in [6, 6.07) is 0. The first-order valence-electron chi connectivity index (χ1n) is 6.08. The van der Waals surface area contributed by atoms with Crippen molar-refractivity contribution in [2.24, 2.45) is 5.73 Å². The highest BCUT2D eigenvalue weighted by atomic mass is 16.1. The topological polar surface area (TPSA) is 64.1 Å². The zero-order valence-corrected chi connectivity index (χ0v) is 10.7. The van der Waals surface area contributed by atoms with Crippen molar-refractivity contribution in [1.82, 2.24) is 14.5 Å². The average molecular weight is 236 g/mol. The van der Waals surface area contributed by atoms with Gasteiger partial charge in [0, 0.05) is 19.0 Å². The molecule has 0 saturated heterocycles. The SMILES string of the molecule is CC(C)c1nc(C(N)=O)c2n1CCCN(C)C2. The molecule has 0 radical (unpaired) electrons. The van der Waals surface area contributed by atoms with Crippen LogP contribution in [-0.2, 0) is 13.1 Å². The fourth-order valence-corrected chi connectivity index (χ4v) is 2.39. The van der Waals surface area contributed by atoms with Crippen LogP contribution in [0.3, 0.4) is 0 Å². The molecule has 2 heterocycles. The summed E-state index contributed by atoms with van der Waals surface area (Å²) in [4.78, 5) is 18.1. The van der Waals surface area contributed by atoms with E-state index < -0.39 is 5.91 Å². The van der Waals surface area contributed by atoms with Gasteiger partial charge in [0.05, 0.1) is 5.69 Å². The Labute approximate surface area is 102 Å². The molecular weight excluding hydrogens is 216 g/mol. The van der Waals surface area contributed by atoms with Gasteiger partial charge in [-0.1, -0.05) is 13.8 Å². The quantitative estimate of drug-likeness (QED) is 0.831. The van der Waals surface area contributed by atoms with Gasteiger partial charge < -0.3 is 15.2 Å². The maximum Gasteiger partial charge on any atom is 0.269 e. The minimum Gasteiger partial charge on any atom is -0.364 e. The van der Waals surface area contributed by atoms with Crippen LogP contribution in [0, 0.1) is 0 Å². The van der Waals surface area contributed by atoms with Crippen LogP contribution in [0.25, 0.3) is 0 Å². The third-order valence-corrected chi connectivity index (χ3v) is 3.19. The first-order valence-corrected chi connectivity index (χ1v) is 6.08. The lowest BCUT2D eigenvalue weighted by Crippen LogP contribution is -2.21. The molecule has 1 aromatic heterocycles. The number of nitrogens with two attached hydrogens (primary N) is 1. The molecule has 94 valence electrons. The normalized spacial score (nSPS) is 16.9. The van der Waals surface area contributed by atoms with Gasteiger partial charge in [0.2, 0.25) is 0 Å². The Morgan fingerprint density at radius 2 is 2.12 bits per heavy atom. The Morgan fingerprint density at radius 1 is 1.41 bits per heavy atom. The molecule has 5 heteroatoms. The standard InChI is InChI=1S/C12H20N4O/c1-8(2)12-14-10(11(13)17)9-7-15(3)5-4-6-16(9)12/h8H,4-7H2,1-3H3,(H2,13,17). The first-order chi connectivity index (χ1) is 8.00. The minimum atomic E-state index is -0.420. The van der Waals surface area contributed by atoms with Gasteiger partial charge >= 0.3 is 0 Å². The predicted octanol–water partition coefficient (Wildman–Crippen LogP) is 0.941. The molecule has 0 unspecified atom stereocenters. The highest BCUT2D eigenvalue weighted by molar-refractivity contribution is 5.92. The molecule has 2 rings (SSSR count). The summed E-state index contributed by atoms with van der Waals surface area (Å²) >= 11 is 0. The van der Waals surface area contributed by atoms with E-state index in [2.05, 4.69) is 35.3 Å². The van der Waals surface area contributed by atoms with E-state index in [4.69, 9.17) is 5.73 Å². The second kappa shape index (κ2) is 4.49. The number of imidazole rings is 1. The van der Waals surface area contributed by atoms with E-state index >= 15 is 0 Å². The number of hydrogen-bond donors (Lipinski definition) is 1. The van der Waals surface area contributed by atoms with Gasteiger partial charge in [0.15, 0.2) is 5.69 Å². The van der Waals surface area contributed by atoms with Crippen molar-refractivity contribution in [1.29, 1.82) is 0 Å². The van der Waals surface area contributed by atoms with Crippen LogP contribution in [0.15, 0.2) is 0 Å². The molecule has 1 aliphatic heterocycles. The summed E-state index contributed by atoms with van der Waals surface area (Å²) in [6.45, 7) is 6.90. The van der Waals surface area contributed by atoms with Gasteiger partial charge in [0.1, 0.15) is 5.82 Å². The van der Waals surface area contributed by atoms with Crippen molar-refractivity contribution in [2.75, 3.05) is 13.6 Å². The Balaban J connectivity index is 2.53. The molecule has 1 aliphatic rings.